The standard InChI is InChI=1S/C12H22O4/c1-6-7-9-11(14-4)12(15-5)10(13-3)8(2)16-9/h6-12H,1-5H3/b7-6+/t8-,9-,10+,11+,12+/m0/s1. The molecule has 1 fully saturated rings. The summed E-state index contributed by atoms with van der Waals surface area (Å²) in [6, 6.07) is 0. The minimum Gasteiger partial charge on any atom is -0.376 e. The van der Waals surface area contributed by atoms with Crippen molar-refractivity contribution in [2.75, 3.05) is 21.3 Å². The largest absolute Gasteiger partial charge is 0.376 e. The molecule has 1 aliphatic rings. The van der Waals surface area contributed by atoms with Crippen molar-refractivity contribution in [1.82, 2.24) is 0 Å². The Hall–Kier alpha value is -0.420. The van der Waals surface area contributed by atoms with Crippen LogP contribution in [0.5, 0.6) is 0 Å². The monoisotopic (exact) mass is 230 g/mol. The number of hydrogen-bond donors (Lipinski definition) is 0. The zero-order valence-corrected chi connectivity index (χ0v) is 10.7. The summed E-state index contributed by atoms with van der Waals surface area (Å²) in [4.78, 5) is 0. The first-order valence-corrected chi connectivity index (χ1v) is 5.56. The molecule has 0 radical (unpaired) electrons. The Labute approximate surface area is 97.5 Å². The van der Waals surface area contributed by atoms with Gasteiger partial charge in [0, 0.05) is 21.3 Å². The molecule has 0 aromatic carbocycles. The lowest BCUT2D eigenvalue weighted by Gasteiger charge is -2.43. The van der Waals surface area contributed by atoms with Gasteiger partial charge in [-0.15, -0.1) is 0 Å². The van der Waals surface area contributed by atoms with Crippen molar-refractivity contribution in [3.8, 4) is 0 Å². The van der Waals surface area contributed by atoms with Gasteiger partial charge in [0.05, 0.1) is 6.10 Å². The molecule has 0 aromatic heterocycles. The van der Waals surface area contributed by atoms with Gasteiger partial charge in [0.25, 0.3) is 0 Å². The first-order chi connectivity index (χ1) is 7.69. The Balaban J connectivity index is 2.87. The molecule has 4 nitrogen and oxygen atoms in total. The molecule has 1 rings (SSSR count). The maximum Gasteiger partial charge on any atom is 0.116 e. The second-order valence-electron chi connectivity index (χ2n) is 3.93. The van der Waals surface area contributed by atoms with Gasteiger partial charge in [0.2, 0.25) is 0 Å². The lowest BCUT2D eigenvalue weighted by molar-refractivity contribution is -0.226. The molecule has 0 unspecified atom stereocenters. The van der Waals surface area contributed by atoms with Crippen molar-refractivity contribution in [2.24, 2.45) is 0 Å². The topological polar surface area (TPSA) is 36.9 Å². The first-order valence-electron chi connectivity index (χ1n) is 5.56. The van der Waals surface area contributed by atoms with Gasteiger partial charge in [-0.1, -0.05) is 12.2 Å². The fourth-order valence-electron chi connectivity index (χ4n) is 2.25. The molecule has 0 aliphatic carbocycles. The SMILES string of the molecule is C/C=C/[C@@H]1O[C@@H](C)[C@@H](OC)[C@@H](OC)[C@@H]1OC. The van der Waals surface area contributed by atoms with Gasteiger partial charge in [-0.3, -0.25) is 0 Å². The number of methoxy groups -OCH3 is 3. The van der Waals surface area contributed by atoms with Gasteiger partial charge in [0.1, 0.15) is 24.4 Å². The van der Waals surface area contributed by atoms with Crippen LogP contribution in [0.15, 0.2) is 12.2 Å². The summed E-state index contributed by atoms with van der Waals surface area (Å²) in [5.74, 6) is 0. The van der Waals surface area contributed by atoms with E-state index in [0.717, 1.165) is 0 Å². The number of allylic oxidation sites excluding steroid dienone is 1. The molecule has 1 saturated heterocycles. The van der Waals surface area contributed by atoms with Crippen LogP contribution in [0.2, 0.25) is 0 Å². The second-order valence-corrected chi connectivity index (χ2v) is 3.93. The Kier molecular flexibility index (Phi) is 5.41. The highest BCUT2D eigenvalue weighted by molar-refractivity contribution is 5.02. The molecular weight excluding hydrogens is 208 g/mol. The fourth-order valence-corrected chi connectivity index (χ4v) is 2.25. The van der Waals surface area contributed by atoms with Crippen LogP contribution in [0.1, 0.15) is 13.8 Å². The molecule has 0 saturated carbocycles. The fraction of sp³-hybridized carbons (Fsp3) is 0.833. The highest BCUT2D eigenvalue weighted by Crippen LogP contribution is 2.27. The summed E-state index contributed by atoms with van der Waals surface area (Å²) in [6.45, 7) is 3.95. The highest BCUT2D eigenvalue weighted by atomic mass is 16.6. The predicted molar refractivity (Wildman–Crippen MR) is 61.5 cm³/mol. The maximum absolute atomic E-state index is 5.85. The van der Waals surface area contributed by atoms with Crippen molar-refractivity contribution in [3.63, 3.8) is 0 Å². The van der Waals surface area contributed by atoms with E-state index in [1.54, 1.807) is 21.3 Å². The van der Waals surface area contributed by atoms with Crippen LogP contribution >= 0.6 is 0 Å². The van der Waals surface area contributed by atoms with Crippen LogP contribution < -0.4 is 0 Å². The van der Waals surface area contributed by atoms with Crippen molar-refractivity contribution in [2.45, 2.75) is 44.4 Å². The normalized spacial score (nSPS) is 40.4. The summed E-state index contributed by atoms with van der Waals surface area (Å²) in [5.41, 5.74) is 0. The molecule has 0 bridgehead atoms. The molecule has 0 aromatic rings. The van der Waals surface area contributed by atoms with Crippen LogP contribution in [0.4, 0.5) is 0 Å². The van der Waals surface area contributed by atoms with Crippen molar-refractivity contribution < 1.29 is 18.9 Å². The summed E-state index contributed by atoms with van der Waals surface area (Å²) < 4.78 is 22.2. The lowest BCUT2D eigenvalue weighted by Crippen LogP contribution is -2.58. The van der Waals surface area contributed by atoms with Crippen LogP contribution in [0.3, 0.4) is 0 Å². The average molecular weight is 230 g/mol. The summed E-state index contributed by atoms with van der Waals surface area (Å²) >= 11 is 0. The van der Waals surface area contributed by atoms with Crippen LogP contribution in [-0.4, -0.2) is 51.8 Å². The van der Waals surface area contributed by atoms with E-state index in [2.05, 4.69) is 0 Å². The van der Waals surface area contributed by atoms with Crippen molar-refractivity contribution >= 4 is 0 Å². The summed E-state index contributed by atoms with van der Waals surface area (Å²) in [6.07, 6.45) is 3.51. The molecule has 16 heavy (non-hydrogen) atoms. The third-order valence-corrected chi connectivity index (χ3v) is 3.00. The van der Waals surface area contributed by atoms with E-state index in [4.69, 9.17) is 18.9 Å². The molecule has 1 aliphatic heterocycles. The molecule has 1 heterocycles. The van der Waals surface area contributed by atoms with Crippen LogP contribution in [0, 0.1) is 0 Å². The number of ether oxygens (including phenoxy) is 4. The van der Waals surface area contributed by atoms with Gasteiger partial charge in [-0.25, -0.2) is 0 Å². The Morgan fingerprint density at radius 1 is 0.938 bits per heavy atom. The van der Waals surface area contributed by atoms with E-state index >= 15 is 0 Å². The highest BCUT2D eigenvalue weighted by Gasteiger charge is 2.44. The van der Waals surface area contributed by atoms with Gasteiger partial charge in [-0.05, 0) is 13.8 Å². The van der Waals surface area contributed by atoms with E-state index in [0.29, 0.717) is 0 Å². The summed E-state index contributed by atoms with van der Waals surface area (Å²) in [5, 5.41) is 0. The van der Waals surface area contributed by atoms with Gasteiger partial charge in [0.15, 0.2) is 0 Å². The Morgan fingerprint density at radius 3 is 1.94 bits per heavy atom. The smallest absolute Gasteiger partial charge is 0.116 e. The second kappa shape index (κ2) is 6.35. The minimum absolute atomic E-state index is 0.0115. The maximum atomic E-state index is 5.85. The van der Waals surface area contributed by atoms with Gasteiger partial charge in [-0.2, -0.15) is 0 Å². The molecule has 0 N–H and O–H groups in total. The van der Waals surface area contributed by atoms with Gasteiger partial charge >= 0.3 is 0 Å². The van der Waals surface area contributed by atoms with Crippen LogP contribution in [-0.2, 0) is 18.9 Å². The quantitative estimate of drug-likeness (QED) is 0.684. The van der Waals surface area contributed by atoms with Crippen molar-refractivity contribution in [1.29, 1.82) is 0 Å². The lowest BCUT2D eigenvalue weighted by atomic mass is 9.95. The van der Waals surface area contributed by atoms with E-state index in [9.17, 15) is 0 Å². The van der Waals surface area contributed by atoms with E-state index in [1.165, 1.54) is 0 Å². The van der Waals surface area contributed by atoms with Gasteiger partial charge < -0.3 is 18.9 Å². The Morgan fingerprint density at radius 2 is 1.50 bits per heavy atom. The Bertz CT molecular complexity index is 229. The first kappa shape index (κ1) is 13.6. The van der Waals surface area contributed by atoms with E-state index < -0.39 is 0 Å². The zero-order valence-electron chi connectivity index (χ0n) is 10.7. The third kappa shape index (κ3) is 2.63. The molecule has 0 spiro atoms. The summed E-state index contributed by atoms with van der Waals surface area (Å²) in [7, 11) is 5.01. The predicted octanol–water partition coefficient (Wildman–Crippen LogP) is 1.39. The number of rotatable bonds is 4. The minimum atomic E-state index is -0.137. The molecule has 5 atom stereocenters. The molecule has 4 heteroatoms. The van der Waals surface area contributed by atoms with E-state index in [1.807, 2.05) is 26.0 Å². The molecule has 94 valence electrons. The van der Waals surface area contributed by atoms with Crippen LogP contribution in [0.25, 0.3) is 0 Å². The van der Waals surface area contributed by atoms with Crippen molar-refractivity contribution in [3.05, 3.63) is 12.2 Å². The third-order valence-electron chi connectivity index (χ3n) is 3.00. The number of hydrogen-bond acceptors (Lipinski definition) is 4. The van der Waals surface area contributed by atoms with E-state index in [-0.39, 0.29) is 30.5 Å². The molecule has 0 amide bonds. The molecular formula is C12H22O4. The zero-order chi connectivity index (χ0) is 12.1. The average Bonchev–Trinajstić information content (AvgIpc) is 2.28.